The van der Waals surface area contributed by atoms with Gasteiger partial charge in [0.05, 0.1) is 32.3 Å². The minimum atomic E-state index is -5.13. The fourth-order valence-electron chi connectivity index (χ4n) is 5.50. The Morgan fingerprint density at radius 1 is 0.738 bits per heavy atom. The van der Waals surface area contributed by atoms with Crippen molar-refractivity contribution in [1.82, 2.24) is 0 Å². The number of halogens is 7. The fourth-order valence-corrected chi connectivity index (χ4v) is 5.50. The van der Waals surface area contributed by atoms with Crippen molar-refractivity contribution in [3.63, 3.8) is 0 Å². The first kappa shape index (κ1) is 30.8. The molecule has 1 aliphatic carbocycles. The van der Waals surface area contributed by atoms with Gasteiger partial charge >= 0.3 is 12.5 Å². The van der Waals surface area contributed by atoms with Gasteiger partial charge in [-0.25, -0.2) is 8.78 Å². The SMILES string of the molecule is CC1COC(c2ccc(C3COC(C4CCC(C(F)(F)Oc5ccc(OC(F)(F)F)c(F)c5)CC4)OC3)c(F)c2)OC1. The molecule has 0 aromatic heterocycles. The lowest BCUT2D eigenvalue weighted by Crippen LogP contribution is -2.41. The molecule has 0 atom stereocenters. The van der Waals surface area contributed by atoms with Crippen molar-refractivity contribution in [1.29, 1.82) is 0 Å². The van der Waals surface area contributed by atoms with E-state index < -0.39 is 54.1 Å². The predicted molar refractivity (Wildman–Crippen MR) is 133 cm³/mol. The van der Waals surface area contributed by atoms with Crippen LogP contribution >= 0.6 is 0 Å². The summed E-state index contributed by atoms with van der Waals surface area (Å²) in [5.74, 6) is -5.09. The second-order valence-electron chi connectivity index (χ2n) is 11.0. The summed E-state index contributed by atoms with van der Waals surface area (Å²) >= 11 is 0. The minimum Gasteiger partial charge on any atom is -0.432 e. The van der Waals surface area contributed by atoms with E-state index in [1.165, 1.54) is 6.07 Å². The Labute approximate surface area is 238 Å². The molecule has 42 heavy (non-hydrogen) atoms. The quantitative estimate of drug-likeness (QED) is 0.304. The van der Waals surface area contributed by atoms with Gasteiger partial charge < -0.3 is 28.4 Å². The Morgan fingerprint density at radius 3 is 2.00 bits per heavy atom. The van der Waals surface area contributed by atoms with Gasteiger partial charge in [0.2, 0.25) is 0 Å². The second-order valence-corrected chi connectivity index (χ2v) is 11.0. The van der Waals surface area contributed by atoms with Crippen molar-refractivity contribution in [3.05, 3.63) is 59.2 Å². The molecule has 0 bridgehead atoms. The molecule has 0 radical (unpaired) electrons. The van der Waals surface area contributed by atoms with Crippen LogP contribution in [0.2, 0.25) is 0 Å². The van der Waals surface area contributed by atoms with Crippen LogP contribution in [0.4, 0.5) is 30.7 Å². The van der Waals surface area contributed by atoms with E-state index in [1.807, 2.05) is 6.92 Å². The van der Waals surface area contributed by atoms with E-state index in [0.29, 0.717) is 49.3 Å². The molecule has 3 aliphatic rings. The Balaban J connectivity index is 1.10. The average molecular weight is 609 g/mol. The Bertz CT molecular complexity index is 1200. The molecule has 0 spiro atoms. The maximum atomic E-state index is 15.0. The highest BCUT2D eigenvalue weighted by Gasteiger charge is 2.46. The molecule has 232 valence electrons. The third-order valence-corrected chi connectivity index (χ3v) is 7.74. The normalized spacial score (nSPS) is 29.2. The van der Waals surface area contributed by atoms with E-state index in [1.54, 1.807) is 12.1 Å². The zero-order valence-corrected chi connectivity index (χ0v) is 22.7. The van der Waals surface area contributed by atoms with Crippen LogP contribution in [0.3, 0.4) is 0 Å². The summed E-state index contributed by atoms with van der Waals surface area (Å²) in [5.41, 5.74) is 1.03. The van der Waals surface area contributed by atoms with E-state index in [0.717, 1.165) is 6.07 Å². The Morgan fingerprint density at radius 2 is 1.40 bits per heavy atom. The van der Waals surface area contributed by atoms with Crippen LogP contribution < -0.4 is 9.47 Å². The van der Waals surface area contributed by atoms with Crippen molar-refractivity contribution in [2.45, 2.75) is 63.6 Å². The highest BCUT2D eigenvalue weighted by Crippen LogP contribution is 2.43. The molecule has 6 nitrogen and oxygen atoms in total. The summed E-state index contributed by atoms with van der Waals surface area (Å²) < 4.78 is 127. The standard InChI is InChI=1S/C29H31F7O6/c1-16-12-37-27(38-13-16)18-4-8-22(23(30)10-18)19-14-39-26(40-15-19)17-2-5-20(6-3-17)28(32,33)41-21-7-9-25(24(31)11-21)42-29(34,35)36/h4,7-11,16-17,19-20,26-27H,2-3,5-6,12-15H2,1H3. The summed E-state index contributed by atoms with van der Waals surface area (Å²) in [4.78, 5) is 0. The first-order valence-electron chi connectivity index (χ1n) is 13.8. The number of benzene rings is 2. The number of alkyl halides is 5. The van der Waals surface area contributed by atoms with Crippen LogP contribution in [-0.2, 0) is 18.9 Å². The van der Waals surface area contributed by atoms with E-state index in [2.05, 4.69) is 4.74 Å². The zero-order chi connectivity index (χ0) is 30.1. The molecule has 2 aliphatic heterocycles. The third-order valence-electron chi connectivity index (χ3n) is 7.74. The van der Waals surface area contributed by atoms with Gasteiger partial charge in [-0.1, -0.05) is 19.1 Å². The smallest absolute Gasteiger partial charge is 0.432 e. The van der Waals surface area contributed by atoms with Crippen molar-refractivity contribution in [2.24, 2.45) is 17.8 Å². The van der Waals surface area contributed by atoms with Crippen molar-refractivity contribution in [3.8, 4) is 11.5 Å². The van der Waals surface area contributed by atoms with Gasteiger partial charge in [0.25, 0.3) is 0 Å². The van der Waals surface area contributed by atoms with Crippen LogP contribution in [0.1, 0.15) is 55.9 Å². The van der Waals surface area contributed by atoms with Gasteiger partial charge in [0, 0.05) is 29.4 Å². The fraction of sp³-hybridized carbons (Fsp3) is 0.586. The maximum absolute atomic E-state index is 15.0. The van der Waals surface area contributed by atoms with Gasteiger partial charge in [-0.3, -0.25) is 0 Å². The van der Waals surface area contributed by atoms with Gasteiger partial charge in [0.15, 0.2) is 24.1 Å². The number of hydrogen-bond donors (Lipinski definition) is 0. The molecular formula is C29H31F7O6. The summed E-state index contributed by atoms with van der Waals surface area (Å²) in [6, 6.07) is 6.62. The lowest BCUT2D eigenvalue weighted by Gasteiger charge is -2.39. The molecule has 0 amide bonds. The van der Waals surface area contributed by atoms with Gasteiger partial charge in [-0.2, -0.15) is 8.78 Å². The molecular weight excluding hydrogens is 577 g/mol. The number of rotatable bonds is 7. The Kier molecular flexibility index (Phi) is 9.22. The van der Waals surface area contributed by atoms with Crippen molar-refractivity contribution in [2.75, 3.05) is 26.4 Å². The van der Waals surface area contributed by atoms with Crippen LogP contribution in [0.5, 0.6) is 11.5 Å². The van der Waals surface area contributed by atoms with Crippen molar-refractivity contribution >= 4 is 0 Å². The number of ether oxygens (including phenoxy) is 6. The second kappa shape index (κ2) is 12.6. The van der Waals surface area contributed by atoms with Crippen LogP contribution in [0.25, 0.3) is 0 Å². The lowest BCUT2D eigenvalue weighted by atomic mass is 9.80. The summed E-state index contributed by atoms with van der Waals surface area (Å²) in [6.07, 6.45) is -9.24. The van der Waals surface area contributed by atoms with Gasteiger partial charge in [0.1, 0.15) is 11.6 Å². The molecule has 2 heterocycles. The van der Waals surface area contributed by atoms with Crippen LogP contribution in [0, 0.1) is 29.4 Å². The molecule has 1 saturated carbocycles. The molecule has 0 unspecified atom stereocenters. The zero-order valence-electron chi connectivity index (χ0n) is 22.7. The molecule has 2 aromatic rings. The minimum absolute atomic E-state index is 0.0578. The third kappa shape index (κ3) is 7.47. The topological polar surface area (TPSA) is 55.4 Å². The predicted octanol–water partition coefficient (Wildman–Crippen LogP) is 7.48. The van der Waals surface area contributed by atoms with Crippen LogP contribution in [0.15, 0.2) is 36.4 Å². The number of hydrogen-bond acceptors (Lipinski definition) is 6. The molecule has 5 rings (SSSR count). The average Bonchev–Trinajstić information content (AvgIpc) is 2.94. The summed E-state index contributed by atoms with van der Waals surface area (Å²) in [7, 11) is 0. The summed E-state index contributed by atoms with van der Waals surface area (Å²) in [6.45, 7) is 3.47. The molecule has 0 N–H and O–H groups in total. The molecule has 2 aromatic carbocycles. The largest absolute Gasteiger partial charge is 0.573 e. The van der Waals surface area contributed by atoms with Crippen molar-refractivity contribution < 1.29 is 59.2 Å². The monoisotopic (exact) mass is 608 g/mol. The molecule has 3 fully saturated rings. The van der Waals surface area contributed by atoms with Gasteiger partial charge in [-0.05, 0) is 49.4 Å². The van der Waals surface area contributed by atoms with Crippen LogP contribution in [-0.4, -0.2) is 45.2 Å². The highest BCUT2D eigenvalue weighted by atomic mass is 19.4. The first-order chi connectivity index (χ1) is 19.9. The van der Waals surface area contributed by atoms with E-state index >= 15 is 0 Å². The van der Waals surface area contributed by atoms with Gasteiger partial charge in [-0.15, -0.1) is 13.2 Å². The lowest BCUT2D eigenvalue weighted by molar-refractivity contribution is -0.275. The van der Waals surface area contributed by atoms with E-state index in [4.69, 9.17) is 23.7 Å². The maximum Gasteiger partial charge on any atom is 0.573 e. The molecule has 13 heteroatoms. The van der Waals surface area contributed by atoms with E-state index in [-0.39, 0.29) is 43.8 Å². The highest BCUT2D eigenvalue weighted by molar-refractivity contribution is 5.33. The summed E-state index contributed by atoms with van der Waals surface area (Å²) in [5, 5.41) is 0. The molecule has 2 saturated heterocycles. The Hall–Kier alpha value is -2.61. The van der Waals surface area contributed by atoms with E-state index in [9.17, 15) is 30.7 Å². The first-order valence-corrected chi connectivity index (χ1v) is 13.8.